The Balaban J connectivity index is 0.000000403. The van der Waals surface area contributed by atoms with Crippen LogP contribution in [0.1, 0.15) is 52.7 Å². The Hall–Kier alpha value is -1.19. The summed E-state index contributed by atoms with van der Waals surface area (Å²) in [4.78, 5) is 0. The molecule has 2 aromatic rings. The molecule has 2 rings (SSSR count). The van der Waals surface area contributed by atoms with Gasteiger partial charge in [-0.25, -0.2) is 0 Å². The van der Waals surface area contributed by atoms with Crippen molar-refractivity contribution in [3.05, 3.63) is 59.7 Å². The maximum atomic E-state index is 11.3. The van der Waals surface area contributed by atoms with Crippen molar-refractivity contribution in [2.45, 2.75) is 52.4 Å². The van der Waals surface area contributed by atoms with E-state index >= 15 is 0 Å². The van der Waals surface area contributed by atoms with Crippen LogP contribution in [-0.4, -0.2) is 23.1 Å². The smallest absolute Gasteiger partial charge is 0.872 e. The Kier molecular flexibility index (Phi) is 8.15. The van der Waals surface area contributed by atoms with Crippen LogP contribution in [0.15, 0.2) is 48.5 Å². The van der Waals surface area contributed by atoms with Crippen molar-refractivity contribution in [2.75, 3.05) is 0 Å². The Morgan fingerprint density at radius 3 is 1.00 bits per heavy atom. The summed E-state index contributed by atoms with van der Waals surface area (Å²) in [5.41, 5.74) is 1.72. The zero-order valence-corrected chi connectivity index (χ0v) is 16.6. The van der Waals surface area contributed by atoms with Crippen LogP contribution in [0.2, 0.25) is 0 Å². The molecule has 0 N–H and O–H groups in total. The summed E-state index contributed by atoms with van der Waals surface area (Å²) < 4.78 is 0. The Bertz CT molecular complexity index is 552. The Morgan fingerprint density at radius 1 is 0.565 bits per heavy atom. The van der Waals surface area contributed by atoms with Crippen LogP contribution in [-0.2, 0) is 10.8 Å². The van der Waals surface area contributed by atoms with Crippen molar-refractivity contribution in [3.63, 3.8) is 0 Å². The molecule has 3 heteroatoms. The Morgan fingerprint density at radius 2 is 0.826 bits per heavy atom. The van der Waals surface area contributed by atoms with Crippen LogP contribution < -0.4 is 10.2 Å². The van der Waals surface area contributed by atoms with Crippen molar-refractivity contribution in [1.82, 2.24) is 0 Å². The molecule has 2 nitrogen and oxygen atoms in total. The Labute approximate surface area is 156 Å². The summed E-state index contributed by atoms with van der Waals surface area (Å²) in [6.45, 7) is 12.3. The molecule has 23 heavy (non-hydrogen) atoms. The van der Waals surface area contributed by atoms with Gasteiger partial charge in [0.1, 0.15) is 0 Å². The third-order valence-electron chi connectivity index (χ3n) is 3.39. The molecule has 0 heterocycles. The quantitative estimate of drug-likeness (QED) is 0.694. The number of rotatable bonds is 0. The second-order valence-electron chi connectivity index (χ2n) is 7.49. The van der Waals surface area contributed by atoms with Gasteiger partial charge in [-0.1, -0.05) is 101 Å². The molecule has 0 aromatic heterocycles. The first-order valence-electron chi connectivity index (χ1n) is 7.56. The SMILES string of the molecule is CC(C)(C)c1ccccc1[O-].CC(C)(C)c1ccccc1[O-].[Mg+2]. The molecule has 0 bridgehead atoms. The van der Waals surface area contributed by atoms with Crippen LogP contribution in [0.4, 0.5) is 0 Å². The molecular formula is C20H26MgO2. The molecule has 0 unspecified atom stereocenters. The van der Waals surface area contributed by atoms with Gasteiger partial charge in [0.05, 0.1) is 0 Å². The first-order chi connectivity index (χ1) is 10.0. The van der Waals surface area contributed by atoms with Gasteiger partial charge in [0.2, 0.25) is 0 Å². The third-order valence-corrected chi connectivity index (χ3v) is 3.39. The van der Waals surface area contributed by atoms with Gasteiger partial charge in [0.25, 0.3) is 0 Å². The van der Waals surface area contributed by atoms with E-state index in [0.717, 1.165) is 11.1 Å². The number of benzene rings is 2. The second kappa shape index (κ2) is 8.60. The van der Waals surface area contributed by atoms with Crippen LogP contribution in [0, 0.1) is 0 Å². The zero-order chi connectivity index (χ0) is 17.0. The van der Waals surface area contributed by atoms with Crippen LogP contribution >= 0.6 is 0 Å². The fourth-order valence-electron chi connectivity index (χ4n) is 2.17. The summed E-state index contributed by atoms with van der Waals surface area (Å²) >= 11 is 0. The summed E-state index contributed by atoms with van der Waals surface area (Å²) in [5, 5.41) is 22.5. The number of hydrogen-bond donors (Lipinski definition) is 0. The van der Waals surface area contributed by atoms with E-state index in [1.165, 1.54) is 0 Å². The molecular weight excluding hydrogens is 297 g/mol. The first-order valence-corrected chi connectivity index (χ1v) is 7.56. The minimum absolute atomic E-state index is 0. The zero-order valence-electron chi connectivity index (χ0n) is 15.1. The topological polar surface area (TPSA) is 46.1 Å². The van der Waals surface area contributed by atoms with Crippen LogP contribution in [0.25, 0.3) is 0 Å². The van der Waals surface area contributed by atoms with Crippen LogP contribution in [0.5, 0.6) is 11.5 Å². The summed E-state index contributed by atoms with van der Waals surface area (Å²) in [6, 6.07) is 14.4. The standard InChI is InChI=1S/2C10H14O.Mg/c2*1-10(2,3)8-6-4-5-7-9(8)11;/h2*4-7,11H,1-3H3;/q;;+2/p-2. The maximum Gasteiger partial charge on any atom is 2.00 e. The van der Waals surface area contributed by atoms with Gasteiger partial charge < -0.3 is 10.2 Å². The molecule has 0 aliphatic carbocycles. The minimum atomic E-state index is -0.0294. The minimum Gasteiger partial charge on any atom is -0.872 e. The predicted molar refractivity (Wildman–Crippen MR) is 94.9 cm³/mol. The van der Waals surface area contributed by atoms with Crippen molar-refractivity contribution in [3.8, 4) is 11.5 Å². The van der Waals surface area contributed by atoms with E-state index in [4.69, 9.17) is 0 Å². The maximum absolute atomic E-state index is 11.3. The summed E-state index contributed by atoms with van der Waals surface area (Å²) in [6.07, 6.45) is 0. The van der Waals surface area contributed by atoms with E-state index in [1.807, 2.05) is 65.8 Å². The van der Waals surface area contributed by atoms with E-state index < -0.39 is 0 Å². The van der Waals surface area contributed by atoms with E-state index in [-0.39, 0.29) is 45.4 Å². The fraction of sp³-hybridized carbons (Fsp3) is 0.400. The van der Waals surface area contributed by atoms with Gasteiger partial charge in [-0.15, -0.1) is 11.5 Å². The van der Waals surface area contributed by atoms with Crippen molar-refractivity contribution in [1.29, 1.82) is 0 Å². The van der Waals surface area contributed by atoms with Gasteiger partial charge in [-0.3, -0.25) is 0 Å². The molecule has 0 saturated carbocycles. The molecule has 0 amide bonds. The van der Waals surface area contributed by atoms with Crippen molar-refractivity contribution >= 4 is 23.1 Å². The largest absolute Gasteiger partial charge is 2.00 e. The molecule has 2 aromatic carbocycles. The van der Waals surface area contributed by atoms with E-state index in [2.05, 4.69) is 0 Å². The predicted octanol–water partition coefficient (Wildman–Crippen LogP) is 3.73. The molecule has 0 spiro atoms. The average molecular weight is 323 g/mol. The van der Waals surface area contributed by atoms with Gasteiger partial charge in [0.15, 0.2) is 0 Å². The third kappa shape index (κ3) is 6.84. The second-order valence-corrected chi connectivity index (χ2v) is 7.49. The van der Waals surface area contributed by atoms with Crippen molar-refractivity contribution < 1.29 is 10.2 Å². The average Bonchev–Trinajstić information content (AvgIpc) is 2.37. The van der Waals surface area contributed by atoms with Gasteiger partial charge in [0, 0.05) is 0 Å². The van der Waals surface area contributed by atoms with Gasteiger partial charge >= 0.3 is 23.1 Å². The molecule has 0 fully saturated rings. The molecule has 0 saturated heterocycles. The van der Waals surface area contributed by atoms with E-state index in [1.54, 1.807) is 24.3 Å². The van der Waals surface area contributed by atoms with E-state index in [9.17, 15) is 10.2 Å². The summed E-state index contributed by atoms with van der Waals surface area (Å²) in [5.74, 6) is 0.278. The fourth-order valence-corrected chi connectivity index (χ4v) is 2.17. The molecule has 120 valence electrons. The van der Waals surface area contributed by atoms with Gasteiger partial charge in [-0.05, 0) is 10.8 Å². The van der Waals surface area contributed by atoms with Gasteiger partial charge in [-0.2, -0.15) is 0 Å². The summed E-state index contributed by atoms with van der Waals surface area (Å²) in [7, 11) is 0. The first kappa shape index (κ1) is 21.8. The molecule has 0 aliphatic heterocycles. The number of hydrogen-bond acceptors (Lipinski definition) is 2. The molecule has 0 atom stereocenters. The molecule has 0 radical (unpaired) electrons. The number of para-hydroxylation sites is 2. The molecule has 0 aliphatic rings. The normalized spacial score (nSPS) is 11.0. The van der Waals surface area contributed by atoms with Crippen molar-refractivity contribution in [2.24, 2.45) is 0 Å². The monoisotopic (exact) mass is 322 g/mol. The van der Waals surface area contributed by atoms with E-state index in [0.29, 0.717) is 0 Å². The van der Waals surface area contributed by atoms with Crippen LogP contribution in [0.3, 0.4) is 0 Å².